The molecular formula is C20H14N4O2. The Labute approximate surface area is 147 Å². The lowest BCUT2D eigenvalue weighted by Crippen LogP contribution is -2.13. The van der Waals surface area contributed by atoms with Crippen molar-refractivity contribution in [1.29, 1.82) is 0 Å². The highest BCUT2D eigenvalue weighted by Crippen LogP contribution is 2.02. The second-order valence-electron chi connectivity index (χ2n) is 5.66. The number of rotatable bonds is 2. The van der Waals surface area contributed by atoms with Gasteiger partial charge in [-0.25, -0.2) is 9.79 Å². The summed E-state index contributed by atoms with van der Waals surface area (Å²) in [5.74, 6) is -0.980. The average Bonchev–Trinajstić information content (AvgIpc) is 3.38. The van der Waals surface area contributed by atoms with Gasteiger partial charge >= 0.3 is 5.97 Å². The number of aromatic nitrogens is 3. The zero-order chi connectivity index (χ0) is 17.9. The van der Waals surface area contributed by atoms with Gasteiger partial charge in [-0.15, -0.1) is 0 Å². The molecule has 0 saturated carbocycles. The van der Waals surface area contributed by atoms with Crippen LogP contribution in [0.4, 0.5) is 0 Å². The SMILES string of the molecule is O=C(O)c1ccc(C=c2ccc(=C=c3ccc(=C=C4C=CC=N4)[nH]3)[nH]2)[nH]1. The number of hydrogen-bond donors (Lipinski definition) is 4. The van der Waals surface area contributed by atoms with Crippen molar-refractivity contribution in [2.75, 3.05) is 0 Å². The highest BCUT2D eigenvalue weighted by atomic mass is 16.4. The number of allylic oxidation sites excluding steroid dienone is 2. The lowest BCUT2D eigenvalue weighted by molar-refractivity contribution is 0.0691. The summed E-state index contributed by atoms with van der Waals surface area (Å²) in [6.07, 6.45) is 7.31. The van der Waals surface area contributed by atoms with E-state index in [0.717, 1.165) is 27.1 Å². The number of aromatic amines is 3. The van der Waals surface area contributed by atoms with Crippen LogP contribution in [0.1, 0.15) is 16.2 Å². The molecule has 4 rings (SSSR count). The first-order chi connectivity index (χ1) is 12.7. The predicted molar refractivity (Wildman–Crippen MR) is 98.5 cm³/mol. The number of aliphatic imine (C=N–C) groups is 1. The van der Waals surface area contributed by atoms with Crippen molar-refractivity contribution in [3.63, 3.8) is 0 Å². The number of carboxylic acid groups (broad SMARTS) is 1. The van der Waals surface area contributed by atoms with Gasteiger partial charge in [0.25, 0.3) is 0 Å². The van der Waals surface area contributed by atoms with Crippen LogP contribution in [-0.4, -0.2) is 32.2 Å². The molecule has 6 nitrogen and oxygen atoms in total. The largest absolute Gasteiger partial charge is 0.477 e. The van der Waals surface area contributed by atoms with Gasteiger partial charge in [-0.2, -0.15) is 0 Å². The first-order valence-electron chi connectivity index (χ1n) is 7.92. The monoisotopic (exact) mass is 342 g/mol. The number of carbonyl (C=O) groups is 1. The van der Waals surface area contributed by atoms with Gasteiger partial charge in [0, 0.05) is 17.3 Å². The van der Waals surface area contributed by atoms with E-state index in [1.54, 1.807) is 12.3 Å². The molecule has 3 aromatic rings. The molecule has 3 aromatic heterocycles. The highest BCUT2D eigenvalue weighted by molar-refractivity contribution is 5.86. The maximum absolute atomic E-state index is 10.9. The molecule has 0 unspecified atom stereocenters. The molecule has 6 heteroatoms. The summed E-state index contributed by atoms with van der Waals surface area (Å²) in [6, 6.07) is 10.9. The summed E-state index contributed by atoms with van der Waals surface area (Å²) >= 11 is 0. The summed E-state index contributed by atoms with van der Waals surface area (Å²) in [5, 5.41) is 12.2. The molecule has 0 saturated heterocycles. The van der Waals surface area contributed by atoms with Crippen LogP contribution in [0.5, 0.6) is 0 Å². The molecule has 1 aliphatic heterocycles. The van der Waals surface area contributed by atoms with Crippen molar-refractivity contribution >= 4 is 29.7 Å². The minimum atomic E-state index is -0.980. The average molecular weight is 342 g/mol. The van der Waals surface area contributed by atoms with Crippen LogP contribution in [0.2, 0.25) is 0 Å². The lowest BCUT2D eigenvalue weighted by atomic mass is 10.4. The van der Waals surface area contributed by atoms with E-state index in [2.05, 4.69) is 31.4 Å². The third-order valence-corrected chi connectivity index (χ3v) is 3.73. The minimum Gasteiger partial charge on any atom is -0.477 e. The van der Waals surface area contributed by atoms with Gasteiger partial charge in [-0.3, -0.25) is 0 Å². The number of hydrogen-bond acceptors (Lipinski definition) is 2. The molecule has 1 aliphatic rings. The smallest absolute Gasteiger partial charge is 0.352 e. The Morgan fingerprint density at radius 3 is 2.46 bits per heavy atom. The summed E-state index contributed by atoms with van der Waals surface area (Å²) in [5.41, 5.74) is 8.05. The second kappa shape index (κ2) is 6.49. The van der Waals surface area contributed by atoms with E-state index in [9.17, 15) is 4.79 Å². The van der Waals surface area contributed by atoms with Crippen molar-refractivity contribution in [3.05, 3.63) is 87.0 Å². The molecule has 0 aromatic carbocycles. The van der Waals surface area contributed by atoms with Crippen molar-refractivity contribution < 1.29 is 9.90 Å². The summed E-state index contributed by atoms with van der Waals surface area (Å²) in [6.45, 7) is 0. The third kappa shape index (κ3) is 3.42. The van der Waals surface area contributed by atoms with Crippen LogP contribution >= 0.6 is 0 Å². The van der Waals surface area contributed by atoms with Gasteiger partial charge in [0.05, 0.1) is 16.0 Å². The molecule has 0 bridgehead atoms. The van der Waals surface area contributed by atoms with E-state index in [4.69, 9.17) is 5.11 Å². The van der Waals surface area contributed by atoms with Crippen LogP contribution in [-0.2, 0) is 0 Å². The predicted octanol–water partition coefficient (Wildman–Crippen LogP) is -0.147. The third-order valence-electron chi connectivity index (χ3n) is 3.73. The van der Waals surface area contributed by atoms with E-state index in [0.29, 0.717) is 5.69 Å². The van der Waals surface area contributed by atoms with E-state index in [1.807, 2.05) is 42.5 Å². The molecular weight excluding hydrogens is 328 g/mol. The molecule has 126 valence electrons. The van der Waals surface area contributed by atoms with Gasteiger partial charge in [0.15, 0.2) is 0 Å². The van der Waals surface area contributed by atoms with Crippen LogP contribution < -0.4 is 21.4 Å². The molecule has 0 spiro atoms. The quantitative estimate of drug-likeness (QED) is 0.521. The van der Waals surface area contributed by atoms with E-state index >= 15 is 0 Å². The molecule has 0 atom stereocenters. The molecule has 4 N–H and O–H groups in total. The Kier molecular flexibility index (Phi) is 3.88. The zero-order valence-corrected chi connectivity index (χ0v) is 13.6. The van der Waals surface area contributed by atoms with Crippen molar-refractivity contribution in [1.82, 2.24) is 15.0 Å². The van der Waals surface area contributed by atoms with Crippen LogP contribution in [0.15, 0.2) is 59.2 Å². The van der Waals surface area contributed by atoms with Crippen molar-refractivity contribution in [2.24, 2.45) is 4.99 Å². The fraction of sp³-hybridized carbons (Fsp3) is 0. The summed E-state index contributed by atoms with van der Waals surface area (Å²) < 4.78 is 0. The standard InChI is InChI=1S/C20H14N4O2/c25-20(26)19-8-7-18(24-19)12-17-6-5-16(23-17)11-15-4-3-14(22-15)10-13-2-1-9-21-13/h1-9,12,22-24H,(H,25,26). The molecule has 26 heavy (non-hydrogen) atoms. The number of H-pyrrole nitrogens is 3. The number of nitrogens with one attached hydrogen (secondary N) is 3. The first kappa shape index (κ1) is 15.5. The van der Waals surface area contributed by atoms with Crippen LogP contribution in [0.25, 0.3) is 17.5 Å². The molecule has 0 aliphatic carbocycles. The van der Waals surface area contributed by atoms with E-state index < -0.39 is 5.97 Å². The fourth-order valence-corrected chi connectivity index (χ4v) is 2.56. The zero-order valence-electron chi connectivity index (χ0n) is 13.6. The van der Waals surface area contributed by atoms with Gasteiger partial charge in [-0.1, -0.05) is 11.5 Å². The number of aromatic carboxylic acids is 1. The number of nitrogens with zero attached hydrogens (tertiary/aromatic N) is 1. The first-order valence-corrected chi connectivity index (χ1v) is 7.92. The summed E-state index contributed by atoms with van der Waals surface area (Å²) in [7, 11) is 0. The molecule has 4 heterocycles. The Morgan fingerprint density at radius 1 is 0.962 bits per heavy atom. The number of carboxylic acids is 1. The molecule has 0 radical (unpaired) electrons. The molecule has 0 amide bonds. The van der Waals surface area contributed by atoms with E-state index in [-0.39, 0.29) is 5.69 Å². The topological polar surface area (TPSA) is 97.0 Å². The lowest BCUT2D eigenvalue weighted by Gasteiger charge is -1.86. The van der Waals surface area contributed by atoms with Crippen LogP contribution in [0.3, 0.4) is 0 Å². The van der Waals surface area contributed by atoms with Crippen molar-refractivity contribution in [3.8, 4) is 0 Å². The Morgan fingerprint density at radius 2 is 1.73 bits per heavy atom. The molecule has 0 fully saturated rings. The Hall–Kier alpha value is -3.98. The fourth-order valence-electron chi connectivity index (χ4n) is 2.56. The maximum atomic E-state index is 10.9. The van der Waals surface area contributed by atoms with Gasteiger partial charge in [0.2, 0.25) is 0 Å². The van der Waals surface area contributed by atoms with Gasteiger partial charge in [0.1, 0.15) is 11.4 Å². The van der Waals surface area contributed by atoms with E-state index in [1.165, 1.54) is 6.07 Å². The normalized spacial score (nSPS) is 13.2. The Balaban J connectivity index is 1.75. The van der Waals surface area contributed by atoms with Gasteiger partial charge < -0.3 is 20.1 Å². The minimum absolute atomic E-state index is 0.159. The van der Waals surface area contributed by atoms with Crippen LogP contribution in [0, 0.1) is 0 Å². The second-order valence-corrected chi connectivity index (χ2v) is 5.66. The maximum Gasteiger partial charge on any atom is 0.352 e. The summed E-state index contributed by atoms with van der Waals surface area (Å²) in [4.78, 5) is 24.3. The van der Waals surface area contributed by atoms with Gasteiger partial charge in [-0.05, 0) is 54.6 Å². The van der Waals surface area contributed by atoms with Crippen molar-refractivity contribution in [2.45, 2.75) is 0 Å². The highest BCUT2D eigenvalue weighted by Gasteiger charge is 2.03. The Bertz CT molecular complexity index is 1320.